The molecule has 1 aliphatic heterocycles. The highest BCUT2D eigenvalue weighted by atomic mass is 19.4. The Bertz CT molecular complexity index is 1550. The maximum absolute atomic E-state index is 15.3. The summed E-state index contributed by atoms with van der Waals surface area (Å²) in [7, 11) is 5.33. The van der Waals surface area contributed by atoms with Crippen molar-refractivity contribution in [3.8, 4) is 23.0 Å². The molecule has 2 amide bonds. The van der Waals surface area contributed by atoms with Gasteiger partial charge in [-0.3, -0.25) is 14.4 Å². The molecular formula is C31H29F3N2O7. The number of nitrogens with zero attached hydrogens (tertiary/aromatic N) is 1. The molecule has 0 saturated carbocycles. The van der Waals surface area contributed by atoms with Crippen LogP contribution in [-0.4, -0.2) is 62.7 Å². The number of carbonyl (C=O) groups excluding carboxylic acids is 3. The zero-order valence-corrected chi connectivity index (χ0v) is 24.0. The number of hydrogen-bond donors (Lipinski definition) is 1. The minimum absolute atomic E-state index is 0.000697. The Kier molecular flexibility index (Phi) is 8.70. The summed E-state index contributed by atoms with van der Waals surface area (Å²) in [5, 5.41) is 1.90. The van der Waals surface area contributed by atoms with Crippen LogP contribution in [-0.2, 0) is 11.3 Å². The highest BCUT2D eigenvalue weighted by molar-refractivity contribution is 6.19. The van der Waals surface area contributed by atoms with Gasteiger partial charge < -0.3 is 29.2 Å². The van der Waals surface area contributed by atoms with Gasteiger partial charge in [0.2, 0.25) is 11.3 Å². The lowest BCUT2D eigenvalue weighted by atomic mass is 9.84. The third-order valence-corrected chi connectivity index (χ3v) is 7.12. The van der Waals surface area contributed by atoms with Gasteiger partial charge in [-0.05, 0) is 36.8 Å². The van der Waals surface area contributed by atoms with Crippen molar-refractivity contribution in [2.24, 2.45) is 0 Å². The molecule has 9 nitrogen and oxygen atoms in total. The number of Topliss-reactive ketones (excluding diaryl/α,β-unsaturated/α-hetero) is 1. The normalized spacial score (nSPS) is 16.7. The number of ether oxygens (including phenoxy) is 4. The van der Waals surface area contributed by atoms with Gasteiger partial charge >= 0.3 is 6.18 Å². The lowest BCUT2D eigenvalue weighted by Crippen LogP contribution is -2.66. The van der Waals surface area contributed by atoms with E-state index in [-0.39, 0.29) is 40.6 Å². The van der Waals surface area contributed by atoms with E-state index in [0.717, 1.165) is 17.0 Å². The van der Waals surface area contributed by atoms with Crippen LogP contribution in [0.15, 0.2) is 78.0 Å². The molecule has 0 fully saturated rings. The van der Waals surface area contributed by atoms with Crippen LogP contribution in [0.5, 0.6) is 23.0 Å². The van der Waals surface area contributed by atoms with Crippen LogP contribution in [0, 0.1) is 0 Å². The molecule has 0 unspecified atom stereocenters. The second-order valence-corrected chi connectivity index (χ2v) is 9.51. The standard InChI is InChI=1S/C31H29F3N2O7/c1-18-25(26(37)20-9-7-6-8-10-20)30(31(32,33)34,29(39)36(18)17-19-11-13-22(40-2)14-12-19)35-28(38)21-15-23(41-3)27(43-5)24(16-21)42-4/h6-16H,17H2,1-5H3,(H,35,38)/t30-/m1/s1. The number of rotatable bonds is 10. The van der Waals surface area contributed by atoms with Crippen molar-refractivity contribution in [2.45, 2.75) is 25.2 Å². The monoisotopic (exact) mass is 598 g/mol. The number of amides is 2. The van der Waals surface area contributed by atoms with Crippen LogP contribution in [0.25, 0.3) is 0 Å². The van der Waals surface area contributed by atoms with E-state index in [0.29, 0.717) is 11.3 Å². The number of nitrogens with one attached hydrogen (secondary N) is 1. The van der Waals surface area contributed by atoms with E-state index in [1.807, 2.05) is 5.32 Å². The van der Waals surface area contributed by atoms with E-state index in [9.17, 15) is 14.4 Å². The van der Waals surface area contributed by atoms with E-state index in [1.54, 1.807) is 30.3 Å². The maximum atomic E-state index is 15.3. The number of benzene rings is 3. The maximum Gasteiger partial charge on any atom is 0.425 e. The first kappa shape index (κ1) is 30.9. The Hall–Kier alpha value is -5.00. The molecule has 0 aliphatic carbocycles. The highest BCUT2D eigenvalue weighted by Gasteiger charge is 2.70. The van der Waals surface area contributed by atoms with Crippen molar-refractivity contribution in [3.63, 3.8) is 0 Å². The number of halogens is 3. The summed E-state index contributed by atoms with van der Waals surface area (Å²) in [5.41, 5.74) is -4.83. The van der Waals surface area contributed by atoms with Gasteiger partial charge in [0.15, 0.2) is 17.3 Å². The van der Waals surface area contributed by atoms with Crippen molar-refractivity contribution in [2.75, 3.05) is 28.4 Å². The molecule has 1 atom stereocenters. The summed E-state index contributed by atoms with van der Waals surface area (Å²) < 4.78 is 66.8. The molecule has 226 valence electrons. The van der Waals surface area contributed by atoms with Crippen molar-refractivity contribution in [1.82, 2.24) is 10.2 Å². The Labute approximate surface area is 245 Å². The molecule has 1 aliphatic rings. The Morgan fingerprint density at radius 1 is 0.837 bits per heavy atom. The lowest BCUT2D eigenvalue weighted by molar-refractivity contribution is -0.189. The Morgan fingerprint density at radius 3 is 1.91 bits per heavy atom. The van der Waals surface area contributed by atoms with Gasteiger partial charge in [0.05, 0.1) is 40.6 Å². The second-order valence-electron chi connectivity index (χ2n) is 9.51. The van der Waals surface area contributed by atoms with Gasteiger partial charge in [-0.1, -0.05) is 42.5 Å². The zero-order chi connectivity index (χ0) is 31.5. The van der Waals surface area contributed by atoms with Gasteiger partial charge in [0.1, 0.15) is 5.75 Å². The van der Waals surface area contributed by atoms with Crippen molar-refractivity contribution >= 4 is 17.6 Å². The van der Waals surface area contributed by atoms with Crippen LogP contribution < -0.4 is 24.3 Å². The third-order valence-electron chi connectivity index (χ3n) is 7.12. The number of carbonyl (C=O) groups is 3. The molecule has 0 aromatic heterocycles. The van der Waals surface area contributed by atoms with Crippen LogP contribution in [0.1, 0.15) is 33.2 Å². The van der Waals surface area contributed by atoms with Crippen LogP contribution >= 0.6 is 0 Å². The summed E-state index contributed by atoms with van der Waals surface area (Å²) in [6.07, 6.45) is -5.43. The topological polar surface area (TPSA) is 103 Å². The van der Waals surface area contributed by atoms with E-state index in [2.05, 4.69) is 0 Å². The third kappa shape index (κ3) is 5.47. The average molecular weight is 599 g/mol. The molecular weight excluding hydrogens is 569 g/mol. The lowest BCUT2D eigenvalue weighted by Gasteiger charge is -2.33. The van der Waals surface area contributed by atoms with Crippen LogP contribution in [0.2, 0.25) is 0 Å². The van der Waals surface area contributed by atoms with Crippen molar-refractivity contribution in [1.29, 1.82) is 0 Å². The Balaban J connectivity index is 1.89. The van der Waals surface area contributed by atoms with E-state index < -0.39 is 34.9 Å². The fraction of sp³-hybridized carbons (Fsp3) is 0.258. The first-order valence-corrected chi connectivity index (χ1v) is 12.9. The fourth-order valence-electron chi connectivity index (χ4n) is 4.94. The number of methoxy groups -OCH3 is 4. The van der Waals surface area contributed by atoms with E-state index in [1.165, 1.54) is 59.6 Å². The minimum Gasteiger partial charge on any atom is -0.497 e. The predicted octanol–water partition coefficient (Wildman–Crippen LogP) is 4.95. The minimum atomic E-state index is -5.43. The molecule has 12 heteroatoms. The SMILES string of the molecule is COc1ccc(CN2C(=O)[C@@](NC(=O)c3cc(OC)c(OC)c(OC)c3)(C(F)(F)F)C(C(=O)c3ccccc3)=C2C)cc1. The average Bonchev–Trinajstić information content (AvgIpc) is 3.22. The molecule has 0 bridgehead atoms. The number of ketones is 1. The first-order chi connectivity index (χ1) is 20.4. The zero-order valence-electron chi connectivity index (χ0n) is 24.0. The largest absolute Gasteiger partial charge is 0.497 e. The summed E-state index contributed by atoms with van der Waals surface area (Å²) >= 11 is 0. The number of alkyl halides is 3. The molecule has 0 radical (unpaired) electrons. The molecule has 0 saturated heterocycles. The molecule has 0 spiro atoms. The summed E-state index contributed by atoms with van der Waals surface area (Å²) in [6.45, 7) is 0.939. The van der Waals surface area contributed by atoms with Gasteiger partial charge in [-0.2, -0.15) is 13.2 Å². The van der Waals surface area contributed by atoms with Gasteiger partial charge in [0, 0.05) is 16.8 Å². The summed E-state index contributed by atoms with van der Waals surface area (Å²) in [5.74, 6) is -3.29. The number of hydrogen-bond acceptors (Lipinski definition) is 7. The quantitative estimate of drug-likeness (QED) is 0.330. The van der Waals surface area contributed by atoms with Crippen molar-refractivity contribution < 1.29 is 46.5 Å². The van der Waals surface area contributed by atoms with Crippen LogP contribution in [0.3, 0.4) is 0 Å². The second kappa shape index (κ2) is 12.1. The van der Waals surface area contributed by atoms with Gasteiger partial charge in [-0.15, -0.1) is 0 Å². The summed E-state index contributed by atoms with van der Waals surface area (Å²) in [6, 6.07) is 15.9. The van der Waals surface area contributed by atoms with E-state index in [4.69, 9.17) is 18.9 Å². The highest BCUT2D eigenvalue weighted by Crippen LogP contribution is 2.47. The molecule has 1 N–H and O–H groups in total. The number of allylic oxidation sites excluding steroid dienone is 1. The van der Waals surface area contributed by atoms with E-state index >= 15 is 13.2 Å². The van der Waals surface area contributed by atoms with Gasteiger partial charge in [0.25, 0.3) is 11.8 Å². The smallest absolute Gasteiger partial charge is 0.425 e. The first-order valence-electron chi connectivity index (χ1n) is 12.9. The molecule has 1 heterocycles. The van der Waals surface area contributed by atoms with Crippen molar-refractivity contribution in [3.05, 3.63) is 94.7 Å². The Morgan fingerprint density at radius 2 is 1.42 bits per heavy atom. The summed E-state index contributed by atoms with van der Waals surface area (Å²) in [4.78, 5) is 42.2. The predicted molar refractivity (Wildman–Crippen MR) is 149 cm³/mol. The molecule has 43 heavy (non-hydrogen) atoms. The van der Waals surface area contributed by atoms with Gasteiger partial charge in [-0.25, -0.2) is 0 Å². The molecule has 3 aromatic rings. The molecule has 3 aromatic carbocycles. The van der Waals surface area contributed by atoms with Crippen LogP contribution in [0.4, 0.5) is 13.2 Å². The molecule has 4 rings (SSSR count). The fourth-order valence-corrected chi connectivity index (χ4v) is 4.94.